The molecule has 1 aromatic carbocycles. The van der Waals surface area contributed by atoms with Crippen LogP contribution in [-0.4, -0.2) is 5.25 Å². The number of fused-ring (bicyclic) bond motifs is 1. The number of hydrogen-bond donors (Lipinski definition) is 1. The van der Waals surface area contributed by atoms with E-state index < -0.39 is 0 Å². The molecule has 2 aliphatic rings. The van der Waals surface area contributed by atoms with Gasteiger partial charge >= 0.3 is 0 Å². The van der Waals surface area contributed by atoms with E-state index in [-0.39, 0.29) is 0 Å². The molecule has 0 amide bonds. The van der Waals surface area contributed by atoms with Gasteiger partial charge in [0.25, 0.3) is 0 Å². The molecule has 1 saturated carbocycles. The fourth-order valence-electron chi connectivity index (χ4n) is 3.32. The normalized spacial score (nSPS) is 26.3. The molecule has 1 N–H and O–H groups in total. The first-order valence-corrected chi connectivity index (χ1v) is 9.62. The number of thioether (sulfide) groups is 1. The van der Waals surface area contributed by atoms with E-state index in [9.17, 15) is 0 Å². The molecule has 3 heteroatoms. The Bertz CT molecular complexity index is 603. The molecular weight excluding hydrogens is 294 g/mol. The van der Waals surface area contributed by atoms with Crippen LogP contribution < -0.4 is 5.32 Å². The van der Waals surface area contributed by atoms with Gasteiger partial charge in [-0.15, -0.1) is 23.1 Å². The minimum absolute atomic E-state index is 0.522. The van der Waals surface area contributed by atoms with Gasteiger partial charge < -0.3 is 5.32 Å². The van der Waals surface area contributed by atoms with E-state index in [0.29, 0.717) is 17.3 Å². The molecule has 1 aliphatic carbocycles. The average Bonchev–Trinajstić information content (AvgIpc) is 3.23. The maximum absolute atomic E-state index is 4.00. The van der Waals surface area contributed by atoms with Crippen LogP contribution in [0.15, 0.2) is 46.0 Å². The molecule has 4 rings (SSSR count). The van der Waals surface area contributed by atoms with Crippen molar-refractivity contribution in [1.29, 1.82) is 0 Å². The summed E-state index contributed by atoms with van der Waals surface area (Å²) in [5.74, 6) is 0.833. The Balaban J connectivity index is 1.59. The first-order chi connectivity index (χ1) is 10.3. The maximum Gasteiger partial charge on any atom is 0.0649 e. The Labute approximate surface area is 135 Å². The van der Waals surface area contributed by atoms with Gasteiger partial charge in [-0.2, -0.15) is 0 Å². The van der Waals surface area contributed by atoms with Gasteiger partial charge in [-0.1, -0.05) is 37.3 Å². The predicted octanol–water partition coefficient (Wildman–Crippen LogP) is 5.41. The molecule has 0 bridgehead atoms. The first kappa shape index (κ1) is 13.9. The van der Waals surface area contributed by atoms with Crippen LogP contribution in [0, 0.1) is 5.92 Å². The lowest BCUT2D eigenvalue weighted by Crippen LogP contribution is -2.31. The lowest BCUT2D eigenvalue weighted by atomic mass is 9.97. The van der Waals surface area contributed by atoms with Crippen molar-refractivity contribution in [2.24, 2.45) is 5.92 Å². The Morgan fingerprint density at radius 1 is 1.14 bits per heavy atom. The van der Waals surface area contributed by atoms with E-state index in [2.05, 4.69) is 54.0 Å². The molecule has 21 heavy (non-hydrogen) atoms. The highest BCUT2D eigenvalue weighted by Crippen LogP contribution is 2.47. The van der Waals surface area contributed by atoms with Crippen molar-refractivity contribution >= 4 is 23.1 Å². The number of benzene rings is 1. The zero-order valence-corrected chi connectivity index (χ0v) is 13.9. The number of hydrogen-bond acceptors (Lipinski definition) is 3. The van der Waals surface area contributed by atoms with Crippen molar-refractivity contribution < 1.29 is 0 Å². The SMILES string of the molecule is C[C@H]1CC(NC(c2ccccc2)C2CC2)c2ccsc2S1. The summed E-state index contributed by atoms with van der Waals surface area (Å²) >= 11 is 3.95. The lowest BCUT2D eigenvalue weighted by molar-refractivity contribution is 0.388. The van der Waals surface area contributed by atoms with Crippen LogP contribution in [0.5, 0.6) is 0 Å². The highest BCUT2D eigenvalue weighted by Gasteiger charge is 2.35. The van der Waals surface area contributed by atoms with E-state index in [0.717, 1.165) is 5.92 Å². The molecule has 3 atom stereocenters. The topological polar surface area (TPSA) is 12.0 Å². The molecule has 110 valence electrons. The molecule has 0 radical (unpaired) electrons. The zero-order chi connectivity index (χ0) is 14.2. The van der Waals surface area contributed by atoms with E-state index in [4.69, 9.17) is 0 Å². The Morgan fingerprint density at radius 3 is 2.71 bits per heavy atom. The van der Waals surface area contributed by atoms with Crippen molar-refractivity contribution in [2.45, 2.75) is 47.7 Å². The number of thiophene rings is 1. The van der Waals surface area contributed by atoms with Gasteiger partial charge in [-0.25, -0.2) is 0 Å². The minimum Gasteiger partial charge on any atom is -0.303 e. The third-order valence-electron chi connectivity index (χ3n) is 4.54. The van der Waals surface area contributed by atoms with Crippen molar-refractivity contribution in [3.8, 4) is 0 Å². The van der Waals surface area contributed by atoms with Gasteiger partial charge in [0.05, 0.1) is 4.21 Å². The summed E-state index contributed by atoms with van der Waals surface area (Å²) in [6.45, 7) is 2.36. The van der Waals surface area contributed by atoms with Crippen LogP contribution in [0.25, 0.3) is 0 Å². The van der Waals surface area contributed by atoms with Crippen LogP contribution in [0.3, 0.4) is 0 Å². The van der Waals surface area contributed by atoms with Crippen molar-refractivity contribution in [3.05, 3.63) is 52.9 Å². The van der Waals surface area contributed by atoms with Gasteiger partial charge in [-0.3, -0.25) is 0 Å². The standard InChI is InChI=1S/C18H21NS2/c1-12-11-16(15-9-10-20-18(15)21-12)19-17(14-7-8-14)13-5-3-2-4-6-13/h2-6,9-10,12,14,16-17,19H,7-8,11H2,1H3/t12-,16?,17?/m0/s1. The lowest BCUT2D eigenvalue weighted by Gasteiger charge is -2.32. The highest BCUT2D eigenvalue weighted by molar-refractivity contribution is 8.01. The quantitative estimate of drug-likeness (QED) is 0.809. The average molecular weight is 316 g/mol. The second-order valence-electron chi connectivity index (χ2n) is 6.27. The molecule has 1 aliphatic heterocycles. The first-order valence-electron chi connectivity index (χ1n) is 7.86. The summed E-state index contributed by atoms with van der Waals surface area (Å²) in [5, 5.41) is 6.96. The van der Waals surface area contributed by atoms with E-state index in [1.54, 1.807) is 0 Å². The molecule has 0 spiro atoms. The molecule has 1 aromatic heterocycles. The molecule has 2 unspecified atom stereocenters. The molecule has 2 heterocycles. The third kappa shape index (κ3) is 2.92. The fraction of sp³-hybridized carbons (Fsp3) is 0.444. The minimum atomic E-state index is 0.522. The van der Waals surface area contributed by atoms with Crippen molar-refractivity contribution in [3.63, 3.8) is 0 Å². The molecule has 0 saturated heterocycles. The summed E-state index contributed by atoms with van der Waals surface area (Å²) in [4.78, 5) is 0. The van der Waals surface area contributed by atoms with E-state index in [1.165, 1.54) is 34.6 Å². The van der Waals surface area contributed by atoms with Gasteiger partial charge in [0.15, 0.2) is 0 Å². The Kier molecular flexibility index (Phi) is 3.82. The summed E-state index contributed by atoms with van der Waals surface area (Å²) in [7, 11) is 0. The van der Waals surface area contributed by atoms with Gasteiger partial charge in [0.1, 0.15) is 0 Å². The van der Waals surface area contributed by atoms with Crippen LogP contribution in [-0.2, 0) is 0 Å². The summed E-state index contributed by atoms with van der Waals surface area (Å²) in [5.41, 5.74) is 2.99. The smallest absolute Gasteiger partial charge is 0.0649 e. The fourth-order valence-corrected chi connectivity index (χ4v) is 5.88. The number of rotatable bonds is 4. The highest BCUT2D eigenvalue weighted by atomic mass is 32.2. The number of nitrogens with one attached hydrogen (secondary N) is 1. The second-order valence-corrected chi connectivity index (χ2v) is 8.90. The maximum atomic E-state index is 4.00. The Morgan fingerprint density at radius 2 is 1.95 bits per heavy atom. The van der Waals surface area contributed by atoms with Crippen LogP contribution >= 0.6 is 23.1 Å². The van der Waals surface area contributed by atoms with E-state index >= 15 is 0 Å². The zero-order valence-electron chi connectivity index (χ0n) is 12.3. The second kappa shape index (κ2) is 5.79. The van der Waals surface area contributed by atoms with Gasteiger partial charge in [0.2, 0.25) is 0 Å². The molecule has 2 aromatic rings. The van der Waals surface area contributed by atoms with Crippen LogP contribution in [0.1, 0.15) is 49.4 Å². The van der Waals surface area contributed by atoms with Crippen LogP contribution in [0.4, 0.5) is 0 Å². The van der Waals surface area contributed by atoms with Gasteiger partial charge in [0, 0.05) is 17.3 Å². The van der Waals surface area contributed by atoms with Gasteiger partial charge in [-0.05, 0) is 47.8 Å². The van der Waals surface area contributed by atoms with E-state index in [1.807, 2.05) is 23.1 Å². The van der Waals surface area contributed by atoms with Crippen molar-refractivity contribution in [2.75, 3.05) is 0 Å². The largest absolute Gasteiger partial charge is 0.303 e. The summed E-state index contributed by atoms with van der Waals surface area (Å²) < 4.78 is 1.52. The monoisotopic (exact) mass is 315 g/mol. The Hall–Kier alpha value is -0.770. The molecule has 1 nitrogen and oxygen atoms in total. The molecule has 1 fully saturated rings. The predicted molar refractivity (Wildman–Crippen MR) is 92.0 cm³/mol. The molecular formula is C18H21NS2. The summed E-state index contributed by atoms with van der Waals surface area (Å²) in [6, 6.07) is 14.4. The van der Waals surface area contributed by atoms with Crippen LogP contribution in [0.2, 0.25) is 0 Å². The third-order valence-corrected chi connectivity index (χ3v) is 6.89. The van der Waals surface area contributed by atoms with Crippen molar-refractivity contribution in [1.82, 2.24) is 5.32 Å². The summed E-state index contributed by atoms with van der Waals surface area (Å²) in [6.07, 6.45) is 3.99.